The van der Waals surface area contributed by atoms with Gasteiger partial charge in [-0.05, 0) is 89.2 Å². The molecular formula is C28H36BrFO3. The van der Waals surface area contributed by atoms with Gasteiger partial charge in [-0.25, -0.2) is 9.18 Å². The molecule has 1 aliphatic carbocycles. The van der Waals surface area contributed by atoms with Crippen LogP contribution in [0.1, 0.15) is 83.1 Å². The minimum atomic E-state index is -1.48. The summed E-state index contributed by atoms with van der Waals surface area (Å²) in [7, 11) is 0. The summed E-state index contributed by atoms with van der Waals surface area (Å²) in [5.41, 5.74) is 3.63. The topological polar surface area (TPSA) is 35.5 Å². The molecule has 5 heteroatoms. The highest BCUT2D eigenvalue weighted by molar-refractivity contribution is 9.10. The van der Waals surface area contributed by atoms with E-state index in [0.717, 1.165) is 67.3 Å². The fraction of sp³-hybridized carbons (Fsp3) is 0.536. The predicted octanol–water partition coefficient (Wildman–Crippen LogP) is 8.39. The van der Waals surface area contributed by atoms with Crippen LogP contribution in [0.2, 0.25) is 0 Å². The number of benzene rings is 2. The molecular weight excluding hydrogens is 483 g/mol. The van der Waals surface area contributed by atoms with Crippen LogP contribution in [0.15, 0.2) is 46.9 Å². The molecule has 0 unspecified atom stereocenters. The van der Waals surface area contributed by atoms with Crippen LogP contribution in [0.5, 0.6) is 5.75 Å². The number of hydrogen-bond acceptors (Lipinski definition) is 3. The van der Waals surface area contributed by atoms with Crippen LogP contribution in [-0.2, 0) is 9.53 Å². The lowest BCUT2D eigenvalue weighted by Crippen LogP contribution is -2.28. The summed E-state index contributed by atoms with van der Waals surface area (Å²) >= 11 is 3.63. The Labute approximate surface area is 206 Å². The van der Waals surface area contributed by atoms with E-state index in [1.165, 1.54) is 11.1 Å². The molecule has 3 rings (SSSR count). The third kappa shape index (κ3) is 7.56. The van der Waals surface area contributed by atoms with E-state index in [0.29, 0.717) is 12.3 Å². The van der Waals surface area contributed by atoms with Crippen molar-refractivity contribution in [3.8, 4) is 16.9 Å². The maximum absolute atomic E-state index is 13.9. The van der Waals surface area contributed by atoms with Gasteiger partial charge in [-0.2, -0.15) is 0 Å². The first kappa shape index (κ1) is 25.7. The molecule has 180 valence electrons. The maximum Gasteiger partial charge on any atom is 0.340 e. The van der Waals surface area contributed by atoms with Gasteiger partial charge in [-0.1, -0.05) is 63.4 Å². The minimum absolute atomic E-state index is 0.150. The number of carbonyl (C=O) groups is 1. The highest BCUT2D eigenvalue weighted by Gasteiger charge is 2.27. The van der Waals surface area contributed by atoms with Crippen molar-refractivity contribution in [2.24, 2.45) is 0 Å². The van der Waals surface area contributed by atoms with Gasteiger partial charge in [0.15, 0.2) is 6.17 Å². The molecule has 1 atom stereocenters. The molecule has 0 N–H and O–H groups in total. The van der Waals surface area contributed by atoms with Crippen molar-refractivity contribution >= 4 is 21.9 Å². The first-order valence-corrected chi connectivity index (χ1v) is 13.2. The normalized spacial score (nSPS) is 19.2. The van der Waals surface area contributed by atoms with E-state index in [9.17, 15) is 9.18 Å². The van der Waals surface area contributed by atoms with Crippen LogP contribution in [0.4, 0.5) is 4.39 Å². The maximum atomic E-state index is 13.9. The molecule has 0 aliphatic heterocycles. The van der Waals surface area contributed by atoms with E-state index in [2.05, 4.69) is 59.3 Å². The molecule has 0 heterocycles. The molecule has 2 aromatic carbocycles. The highest BCUT2D eigenvalue weighted by atomic mass is 79.9. The van der Waals surface area contributed by atoms with Crippen LogP contribution in [0.25, 0.3) is 11.1 Å². The number of esters is 1. The molecule has 0 saturated heterocycles. The van der Waals surface area contributed by atoms with Gasteiger partial charge in [-0.15, -0.1) is 0 Å². The van der Waals surface area contributed by atoms with E-state index >= 15 is 0 Å². The van der Waals surface area contributed by atoms with E-state index in [4.69, 9.17) is 9.47 Å². The number of carbonyl (C=O) groups excluding carboxylic acids is 1. The molecule has 0 amide bonds. The zero-order valence-corrected chi connectivity index (χ0v) is 21.4. The van der Waals surface area contributed by atoms with Crippen LogP contribution in [-0.4, -0.2) is 24.9 Å². The Morgan fingerprint density at radius 1 is 1.00 bits per heavy atom. The van der Waals surface area contributed by atoms with E-state index in [1.54, 1.807) is 0 Å². The van der Waals surface area contributed by atoms with Gasteiger partial charge in [0.25, 0.3) is 0 Å². The zero-order valence-electron chi connectivity index (χ0n) is 19.8. The quantitative estimate of drug-likeness (QED) is 0.221. The van der Waals surface area contributed by atoms with Gasteiger partial charge in [-0.3, -0.25) is 0 Å². The van der Waals surface area contributed by atoms with Crippen molar-refractivity contribution in [1.82, 2.24) is 0 Å². The van der Waals surface area contributed by atoms with E-state index in [1.807, 2.05) is 13.0 Å². The van der Waals surface area contributed by atoms with Gasteiger partial charge >= 0.3 is 5.97 Å². The molecule has 1 aliphatic rings. The van der Waals surface area contributed by atoms with Crippen molar-refractivity contribution in [3.63, 3.8) is 0 Å². The number of hydrogen-bond donors (Lipinski definition) is 0. The van der Waals surface area contributed by atoms with Crippen LogP contribution >= 0.6 is 15.9 Å². The summed E-state index contributed by atoms with van der Waals surface area (Å²) in [5, 5.41) is 0. The first-order chi connectivity index (χ1) is 16.0. The van der Waals surface area contributed by atoms with Crippen LogP contribution in [0.3, 0.4) is 0 Å². The number of rotatable bonds is 11. The van der Waals surface area contributed by atoms with Crippen molar-refractivity contribution < 1.29 is 18.7 Å². The van der Waals surface area contributed by atoms with Gasteiger partial charge in [0.05, 0.1) is 11.1 Å². The zero-order chi connectivity index (χ0) is 23.6. The minimum Gasteiger partial charge on any atom is -0.492 e. The molecule has 0 spiro atoms. The number of alkyl halides is 1. The molecule has 3 nitrogen and oxygen atoms in total. The Bertz CT molecular complexity index is 875. The standard InChI is InChI=1S/C28H36BrFO3/c1-3-5-7-26(30)28(31)33-24-15-12-21(13-16-24)20-8-10-22(11-9-20)23-14-17-27(25(29)19-23)32-18-6-4-2/h8-11,14,17,19,21,24,26H,3-7,12-13,15-16,18H2,1-2H3/t21-,24-,26-/m0/s1. The van der Waals surface area contributed by atoms with Gasteiger partial charge < -0.3 is 9.47 Å². The summed E-state index contributed by atoms with van der Waals surface area (Å²) in [6.45, 7) is 4.88. The van der Waals surface area contributed by atoms with Crippen LogP contribution < -0.4 is 4.74 Å². The smallest absolute Gasteiger partial charge is 0.340 e. The van der Waals surface area contributed by atoms with Crippen molar-refractivity contribution in [1.29, 1.82) is 0 Å². The fourth-order valence-electron chi connectivity index (χ4n) is 4.32. The molecule has 1 saturated carbocycles. The fourth-order valence-corrected chi connectivity index (χ4v) is 4.82. The first-order valence-electron chi connectivity index (χ1n) is 12.4. The summed E-state index contributed by atoms with van der Waals surface area (Å²) in [6.07, 6.45) is 5.91. The highest BCUT2D eigenvalue weighted by Crippen LogP contribution is 2.36. The van der Waals surface area contributed by atoms with Crippen molar-refractivity contribution in [2.45, 2.75) is 89.8 Å². The van der Waals surface area contributed by atoms with Crippen molar-refractivity contribution in [2.75, 3.05) is 6.61 Å². The SMILES string of the molecule is CCCCOc1ccc(-c2ccc([C@H]3CC[C@H](OC(=O)[C@@H](F)CCCC)CC3)cc2)cc1Br. The van der Waals surface area contributed by atoms with Crippen LogP contribution in [0, 0.1) is 0 Å². The summed E-state index contributed by atoms with van der Waals surface area (Å²) < 4.78 is 26.1. The number of unbranched alkanes of at least 4 members (excludes halogenated alkanes) is 2. The lowest BCUT2D eigenvalue weighted by atomic mass is 9.82. The Hall–Kier alpha value is -1.88. The molecule has 0 bridgehead atoms. The molecule has 0 aromatic heterocycles. The van der Waals surface area contributed by atoms with E-state index < -0.39 is 12.1 Å². The molecule has 33 heavy (non-hydrogen) atoms. The second-order valence-electron chi connectivity index (χ2n) is 8.99. The number of halogens is 2. The summed E-state index contributed by atoms with van der Waals surface area (Å²) in [4.78, 5) is 11.9. The predicted molar refractivity (Wildman–Crippen MR) is 135 cm³/mol. The molecule has 0 radical (unpaired) electrons. The lowest BCUT2D eigenvalue weighted by Gasteiger charge is -2.29. The monoisotopic (exact) mass is 518 g/mol. The summed E-state index contributed by atoms with van der Waals surface area (Å²) in [6, 6.07) is 15.0. The Balaban J connectivity index is 1.52. The third-order valence-electron chi connectivity index (χ3n) is 6.43. The van der Waals surface area contributed by atoms with Gasteiger partial charge in [0, 0.05) is 0 Å². The van der Waals surface area contributed by atoms with E-state index in [-0.39, 0.29) is 12.5 Å². The average Bonchev–Trinajstić information content (AvgIpc) is 2.84. The largest absolute Gasteiger partial charge is 0.492 e. The van der Waals surface area contributed by atoms with Gasteiger partial charge in [0.1, 0.15) is 11.9 Å². The number of ether oxygens (including phenoxy) is 2. The summed E-state index contributed by atoms with van der Waals surface area (Å²) in [5.74, 6) is 0.659. The average molecular weight is 519 g/mol. The van der Waals surface area contributed by atoms with Gasteiger partial charge in [0.2, 0.25) is 0 Å². The Morgan fingerprint density at radius 2 is 1.67 bits per heavy atom. The van der Waals surface area contributed by atoms with Crippen molar-refractivity contribution in [3.05, 3.63) is 52.5 Å². The molecule has 1 fully saturated rings. The third-order valence-corrected chi connectivity index (χ3v) is 7.05. The second-order valence-corrected chi connectivity index (χ2v) is 9.84. The Kier molecular flexibility index (Phi) is 10.2. The second kappa shape index (κ2) is 13.1. The Morgan fingerprint density at radius 3 is 2.30 bits per heavy atom. The molecule has 2 aromatic rings. The lowest BCUT2D eigenvalue weighted by molar-refractivity contribution is -0.157.